The molecule has 0 radical (unpaired) electrons. The number of rotatable bonds is 3. The highest BCUT2D eigenvalue weighted by Crippen LogP contribution is 2.34. The highest BCUT2D eigenvalue weighted by atomic mass is 35.5. The van der Waals surface area contributed by atoms with E-state index in [1.165, 1.54) is 30.3 Å². The van der Waals surface area contributed by atoms with E-state index in [1.807, 2.05) is 13.0 Å². The van der Waals surface area contributed by atoms with Crippen LogP contribution in [0.3, 0.4) is 0 Å². The zero-order valence-corrected chi connectivity index (χ0v) is 13.4. The Hall–Kier alpha value is -1.54. The summed E-state index contributed by atoms with van der Waals surface area (Å²) in [6.07, 6.45) is 0. The minimum absolute atomic E-state index is 0.0886. The van der Waals surface area contributed by atoms with Gasteiger partial charge in [0.05, 0.1) is 11.0 Å². The van der Waals surface area contributed by atoms with Gasteiger partial charge in [0.1, 0.15) is 0 Å². The summed E-state index contributed by atoms with van der Waals surface area (Å²) < 4.78 is 25.2. The van der Waals surface area contributed by atoms with Gasteiger partial charge in [-0.05, 0) is 31.2 Å². The summed E-state index contributed by atoms with van der Waals surface area (Å²) in [5, 5.41) is 8.47. The molecule has 0 N–H and O–H groups in total. The number of nitrogens with zero attached hydrogens (tertiary/aromatic N) is 1. The lowest BCUT2D eigenvalue weighted by molar-refractivity contribution is 0.591. The first-order valence-corrected chi connectivity index (χ1v) is 8.31. The van der Waals surface area contributed by atoms with E-state index >= 15 is 0 Å². The lowest BCUT2D eigenvalue weighted by atomic mass is 10.1. The average Bonchev–Trinajstić information content (AvgIpc) is 2.42. The Bertz CT molecular complexity index is 809. The molecule has 108 valence electrons. The Morgan fingerprint density at radius 2 is 1.71 bits per heavy atom. The fourth-order valence-electron chi connectivity index (χ4n) is 1.88. The van der Waals surface area contributed by atoms with E-state index < -0.39 is 15.1 Å². The highest BCUT2D eigenvalue weighted by molar-refractivity contribution is 7.92. The second-order valence-corrected chi connectivity index (χ2v) is 7.41. The van der Waals surface area contributed by atoms with Crippen LogP contribution in [-0.4, -0.2) is 8.42 Å². The lowest BCUT2D eigenvalue weighted by Crippen LogP contribution is -2.12. The Kier molecular flexibility index (Phi) is 4.58. The van der Waals surface area contributed by atoms with Crippen molar-refractivity contribution >= 4 is 33.0 Å². The number of halogens is 2. The smallest absolute Gasteiger partial charge is 0.198 e. The predicted octanol–water partition coefficient (Wildman–Crippen LogP) is 4.34. The van der Waals surface area contributed by atoms with Crippen LogP contribution in [0.1, 0.15) is 16.4 Å². The molecule has 0 bridgehead atoms. The van der Waals surface area contributed by atoms with E-state index in [-0.39, 0.29) is 15.5 Å². The fourth-order valence-corrected chi connectivity index (χ4v) is 3.93. The molecular weight excluding hydrogens is 329 g/mol. The third-order valence-corrected chi connectivity index (χ3v) is 5.49. The number of sulfone groups is 1. The lowest BCUT2D eigenvalue weighted by Gasteiger charge is -2.13. The van der Waals surface area contributed by atoms with Gasteiger partial charge >= 0.3 is 0 Å². The molecule has 2 rings (SSSR count). The maximum atomic E-state index is 12.6. The van der Waals surface area contributed by atoms with Crippen LogP contribution in [0, 0.1) is 18.3 Å². The van der Waals surface area contributed by atoms with Crippen molar-refractivity contribution in [3.63, 3.8) is 0 Å². The van der Waals surface area contributed by atoms with E-state index in [2.05, 4.69) is 0 Å². The van der Waals surface area contributed by atoms with Gasteiger partial charge in [-0.15, -0.1) is 0 Å². The van der Waals surface area contributed by atoms with Crippen molar-refractivity contribution in [3.05, 3.63) is 63.6 Å². The minimum Gasteiger partial charge on any atom is -0.222 e. The predicted molar refractivity (Wildman–Crippen MR) is 83.2 cm³/mol. The molecule has 0 fully saturated rings. The zero-order chi connectivity index (χ0) is 15.6. The fraction of sp³-hybridized carbons (Fsp3) is 0.133. The largest absolute Gasteiger partial charge is 0.222 e. The monoisotopic (exact) mass is 339 g/mol. The van der Waals surface area contributed by atoms with E-state index in [0.29, 0.717) is 5.02 Å². The third-order valence-electron chi connectivity index (χ3n) is 3.02. The van der Waals surface area contributed by atoms with Crippen molar-refractivity contribution in [3.8, 4) is 6.07 Å². The first kappa shape index (κ1) is 15.8. The summed E-state index contributed by atoms with van der Waals surface area (Å²) >= 11 is 11.8. The van der Waals surface area contributed by atoms with Gasteiger partial charge in [0.15, 0.2) is 15.1 Å². The topological polar surface area (TPSA) is 57.9 Å². The van der Waals surface area contributed by atoms with Crippen molar-refractivity contribution in [2.24, 2.45) is 0 Å². The number of hydrogen-bond donors (Lipinski definition) is 0. The maximum Gasteiger partial charge on any atom is 0.198 e. The molecule has 0 saturated heterocycles. The Morgan fingerprint density at radius 1 is 1.10 bits per heavy atom. The molecule has 1 unspecified atom stereocenters. The van der Waals surface area contributed by atoms with Gasteiger partial charge in [-0.1, -0.05) is 47.0 Å². The number of hydrogen-bond acceptors (Lipinski definition) is 3. The van der Waals surface area contributed by atoms with Crippen LogP contribution in [-0.2, 0) is 9.84 Å². The van der Waals surface area contributed by atoms with Gasteiger partial charge < -0.3 is 0 Å². The van der Waals surface area contributed by atoms with Crippen molar-refractivity contribution in [2.45, 2.75) is 17.1 Å². The van der Waals surface area contributed by atoms with Crippen LogP contribution in [0.5, 0.6) is 0 Å². The molecule has 0 spiro atoms. The Balaban J connectivity index is 2.55. The van der Waals surface area contributed by atoms with Crippen LogP contribution < -0.4 is 0 Å². The molecule has 0 heterocycles. The molecule has 3 nitrogen and oxygen atoms in total. The van der Waals surface area contributed by atoms with E-state index in [4.69, 9.17) is 23.2 Å². The molecule has 2 aromatic rings. The third kappa shape index (κ3) is 3.21. The summed E-state index contributed by atoms with van der Waals surface area (Å²) in [7, 11) is -3.84. The molecule has 1 atom stereocenters. The molecule has 21 heavy (non-hydrogen) atoms. The second kappa shape index (κ2) is 6.07. The van der Waals surface area contributed by atoms with Crippen LogP contribution in [0.15, 0.2) is 47.4 Å². The average molecular weight is 340 g/mol. The Labute approximate surface area is 133 Å². The first-order chi connectivity index (χ1) is 9.86. The SMILES string of the molecule is Cc1ccc(S(=O)(=O)C(C#N)c2ccc(Cl)cc2Cl)cc1. The molecule has 0 amide bonds. The van der Waals surface area contributed by atoms with Gasteiger partial charge in [0.25, 0.3) is 0 Å². The maximum absolute atomic E-state index is 12.6. The summed E-state index contributed by atoms with van der Waals surface area (Å²) in [4.78, 5) is 0.0886. The molecule has 0 aliphatic carbocycles. The zero-order valence-electron chi connectivity index (χ0n) is 11.0. The van der Waals surface area contributed by atoms with Crippen molar-refractivity contribution in [1.82, 2.24) is 0 Å². The van der Waals surface area contributed by atoms with Crippen LogP contribution >= 0.6 is 23.2 Å². The molecule has 0 aliphatic rings. The molecule has 2 aromatic carbocycles. The molecule has 0 aliphatic heterocycles. The second-order valence-electron chi connectivity index (χ2n) is 4.53. The molecule has 6 heteroatoms. The van der Waals surface area contributed by atoms with Gasteiger partial charge in [0.2, 0.25) is 0 Å². The van der Waals surface area contributed by atoms with Crippen LogP contribution in [0.2, 0.25) is 10.0 Å². The van der Waals surface area contributed by atoms with Gasteiger partial charge in [-0.2, -0.15) is 5.26 Å². The quantitative estimate of drug-likeness (QED) is 0.835. The van der Waals surface area contributed by atoms with E-state index in [0.717, 1.165) is 5.56 Å². The van der Waals surface area contributed by atoms with Crippen molar-refractivity contribution in [2.75, 3.05) is 0 Å². The highest BCUT2D eigenvalue weighted by Gasteiger charge is 2.30. The van der Waals surface area contributed by atoms with Gasteiger partial charge in [-0.25, -0.2) is 8.42 Å². The molecule has 0 aromatic heterocycles. The van der Waals surface area contributed by atoms with Crippen LogP contribution in [0.4, 0.5) is 0 Å². The van der Waals surface area contributed by atoms with Crippen molar-refractivity contribution in [1.29, 1.82) is 5.26 Å². The number of aryl methyl sites for hydroxylation is 1. The number of nitriles is 1. The summed E-state index contributed by atoms with van der Waals surface area (Å²) in [6.45, 7) is 1.86. The Morgan fingerprint density at radius 3 is 2.24 bits per heavy atom. The molecular formula is C15H11Cl2NO2S. The first-order valence-electron chi connectivity index (χ1n) is 6.01. The normalized spacial score (nSPS) is 12.7. The van der Waals surface area contributed by atoms with E-state index in [9.17, 15) is 13.7 Å². The summed E-state index contributed by atoms with van der Waals surface area (Å²) in [6, 6.07) is 12.6. The minimum atomic E-state index is -3.84. The standard InChI is InChI=1S/C15H11Cl2NO2S/c1-10-2-5-12(6-3-10)21(19,20)15(9-18)13-7-4-11(16)8-14(13)17/h2-8,15H,1H3. The summed E-state index contributed by atoms with van der Waals surface area (Å²) in [5.74, 6) is 0. The van der Waals surface area contributed by atoms with Gasteiger partial charge in [-0.3, -0.25) is 0 Å². The van der Waals surface area contributed by atoms with Gasteiger partial charge in [0, 0.05) is 15.6 Å². The summed E-state index contributed by atoms with van der Waals surface area (Å²) in [5.41, 5.74) is 1.16. The van der Waals surface area contributed by atoms with Crippen molar-refractivity contribution < 1.29 is 8.42 Å². The van der Waals surface area contributed by atoms with E-state index in [1.54, 1.807) is 12.1 Å². The van der Waals surface area contributed by atoms with Crippen LogP contribution in [0.25, 0.3) is 0 Å². The molecule has 0 saturated carbocycles. The number of benzene rings is 2.